The van der Waals surface area contributed by atoms with Gasteiger partial charge in [0.25, 0.3) is 6.20 Å². The van der Waals surface area contributed by atoms with Gasteiger partial charge in [-0.2, -0.15) is 13.2 Å². The number of aromatic nitrogens is 2. The van der Waals surface area contributed by atoms with Gasteiger partial charge in [-0.25, -0.2) is 4.79 Å². The lowest BCUT2D eigenvalue weighted by Gasteiger charge is -2.14. The number of halogens is 3. The maximum Gasteiger partial charge on any atom is 0.416 e. The van der Waals surface area contributed by atoms with E-state index < -0.39 is 23.7 Å². The maximum absolute atomic E-state index is 13.5. The van der Waals surface area contributed by atoms with Crippen molar-refractivity contribution >= 4 is 29.2 Å². The minimum Gasteiger partial charge on any atom is -0.861 e. The number of rotatable bonds is 8. The minimum absolute atomic E-state index is 0.0392. The average molecular weight is 525 g/mol. The first-order valence-electron chi connectivity index (χ1n) is 11.4. The molecule has 0 saturated carbocycles. The van der Waals surface area contributed by atoms with Crippen LogP contribution in [0.4, 0.5) is 35.2 Å². The van der Waals surface area contributed by atoms with E-state index in [1.54, 1.807) is 30.3 Å². The van der Waals surface area contributed by atoms with E-state index in [0.29, 0.717) is 18.7 Å². The van der Waals surface area contributed by atoms with Crippen LogP contribution in [0.3, 0.4) is 0 Å². The molecule has 12 heteroatoms. The molecule has 0 radical (unpaired) electrons. The molecule has 0 unspecified atom stereocenters. The SMILES string of the molecule is NCc1ccccc1C[n+]1cc(NC(=O)Nc2cc(N=C([O-])Cc3ccccc3)cc(C(F)(F)F)c2)on1. The number of amides is 2. The Morgan fingerprint density at radius 3 is 2.45 bits per heavy atom. The molecular weight excluding hydrogens is 501 g/mol. The topological polar surface area (TPSA) is 132 Å². The van der Waals surface area contributed by atoms with E-state index in [-0.39, 0.29) is 23.7 Å². The zero-order valence-electron chi connectivity index (χ0n) is 19.9. The lowest BCUT2D eigenvalue weighted by Crippen LogP contribution is -2.35. The first-order valence-corrected chi connectivity index (χ1v) is 11.4. The summed E-state index contributed by atoms with van der Waals surface area (Å²) in [5, 5.41) is 20.8. The summed E-state index contributed by atoms with van der Waals surface area (Å²) in [6, 6.07) is 17.9. The van der Waals surface area contributed by atoms with Crippen molar-refractivity contribution in [1.29, 1.82) is 0 Å². The molecule has 4 aromatic rings. The van der Waals surface area contributed by atoms with Crippen molar-refractivity contribution in [2.24, 2.45) is 10.7 Å². The summed E-state index contributed by atoms with van der Waals surface area (Å²) in [6.07, 6.45) is -3.39. The van der Waals surface area contributed by atoms with Crippen LogP contribution < -0.4 is 26.2 Å². The van der Waals surface area contributed by atoms with Crippen LogP contribution in [0.25, 0.3) is 0 Å². The van der Waals surface area contributed by atoms with Crippen LogP contribution in [0.15, 0.2) is 88.5 Å². The van der Waals surface area contributed by atoms with E-state index in [9.17, 15) is 23.1 Å². The highest BCUT2D eigenvalue weighted by Gasteiger charge is 2.31. The molecule has 196 valence electrons. The quantitative estimate of drug-likeness (QED) is 0.183. The molecule has 2 amide bonds. The summed E-state index contributed by atoms with van der Waals surface area (Å²) in [4.78, 5) is 16.3. The summed E-state index contributed by atoms with van der Waals surface area (Å²) in [5.41, 5.74) is 6.71. The van der Waals surface area contributed by atoms with Crippen LogP contribution in [-0.4, -0.2) is 17.2 Å². The lowest BCUT2D eigenvalue weighted by molar-refractivity contribution is -0.754. The predicted octanol–water partition coefficient (Wildman–Crippen LogP) is 3.76. The Bertz CT molecular complexity index is 1440. The number of nitrogens with zero attached hydrogens (tertiary/aromatic N) is 3. The summed E-state index contributed by atoms with van der Waals surface area (Å²) in [7, 11) is 0. The molecule has 9 nitrogen and oxygen atoms in total. The van der Waals surface area contributed by atoms with Gasteiger partial charge in [-0.15, -0.1) is 0 Å². The van der Waals surface area contributed by atoms with Crippen molar-refractivity contribution in [2.45, 2.75) is 25.7 Å². The van der Waals surface area contributed by atoms with Crippen LogP contribution in [0.5, 0.6) is 0 Å². The smallest absolute Gasteiger partial charge is 0.416 e. The Hall–Kier alpha value is -4.71. The number of alkyl halides is 3. The van der Waals surface area contributed by atoms with Crippen LogP contribution in [0, 0.1) is 0 Å². The Balaban J connectivity index is 1.47. The Morgan fingerprint density at radius 2 is 1.74 bits per heavy atom. The molecule has 0 fully saturated rings. The fraction of sp³-hybridized carbons (Fsp3) is 0.154. The molecule has 1 heterocycles. The standard InChI is InChI=1S/C26H23F3N6O3/c27-26(28,29)20-11-21(31-23(36)10-17-6-2-1-3-7-17)13-22(12-20)32-25(37)33-24-16-35(34-38-24)15-19-9-5-4-8-18(19)14-30/h1-9,11-13,16H,10,14-15,30H2,(H2-,31,32,33,34,36,37). The summed E-state index contributed by atoms with van der Waals surface area (Å²) >= 11 is 0. The van der Waals surface area contributed by atoms with Crippen molar-refractivity contribution < 1.29 is 32.3 Å². The molecule has 0 bridgehead atoms. The van der Waals surface area contributed by atoms with E-state index in [1.807, 2.05) is 24.3 Å². The van der Waals surface area contributed by atoms with Crippen LogP contribution in [0.1, 0.15) is 22.3 Å². The molecule has 0 atom stereocenters. The van der Waals surface area contributed by atoms with Gasteiger partial charge < -0.3 is 16.2 Å². The second kappa shape index (κ2) is 11.6. The molecule has 0 spiro atoms. The number of hydrogen-bond acceptors (Lipinski definition) is 6. The minimum atomic E-state index is -4.72. The first kappa shape index (κ1) is 26.4. The number of nitrogens with one attached hydrogen (secondary N) is 2. The van der Waals surface area contributed by atoms with Gasteiger partial charge in [-0.05, 0) is 39.9 Å². The summed E-state index contributed by atoms with van der Waals surface area (Å²) in [5.74, 6) is -0.670. The largest absolute Gasteiger partial charge is 0.861 e. The van der Waals surface area contributed by atoms with Gasteiger partial charge >= 0.3 is 18.1 Å². The van der Waals surface area contributed by atoms with Crippen LogP contribution in [0.2, 0.25) is 0 Å². The number of carbonyl (C=O) groups excluding carboxylic acids is 1. The molecule has 38 heavy (non-hydrogen) atoms. The number of benzene rings is 3. The second-order valence-corrected chi connectivity index (χ2v) is 8.25. The number of nitrogens with two attached hydrogens (primary N) is 1. The van der Waals surface area contributed by atoms with Gasteiger partial charge in [-0.1, -0.05) is 54.6 Å². The zero-order valence-corrected chi connectivity index (χ0v) is 19.9. The van der Waals surface area contributed by atoms with Crippen molar-refractivity contribution in [3.8, 4) is 0 Å². The van der Waals surface area contributed by atoms with Crippen molar-refractivity contribution in [1.82, 2.24) is 5.27 Å². The highest BCUT2D eigenvalue weighted by molar-refractivity contribution is 5.99. The Kier molecular flexibility index (Phi) is 8.02. The third kappa shape index (κ3) is 7.17. The highest BCUT2D eigenvalue weighted by atomic mass is 19.4. The van der Waals surface area contributed by atoms with E-state index in [2.05, 4.69) is 20.9 Å². The first-order chi connectivity index (χ1) is 18.2. The van der Waals surface area contributed by atoms with Gasteiger partial charge in [-0.3, -0.25) is 14.8 Å². The monoisotopic (exact) mass is 524 g/mol. The van der Waals surface area contributed by atoms with E-state index >= 15 is 0 Å². The molecule has 4 N–H and O–H groups in total. The number of hydrogen-bond donors (Lipinski definition) is 3. The maximum atomic E-state index is 13.5. The van der Waals surface area contributed by atoms with Crippen molar-refractivity contribution in [3.63, 3.8) is 0 Å². The Labute approximate surface area is 215 Å². The summed E-state index contributed by atoms with van der Waals surface area (Å²) in [6.45, 7) is 0.668. The fourth-order valence-corrected chi connectivity index (χ4v) is 3.63. The Morgan fingerprint density at radius 1 is 1.03 bits per heavy atom. The number of urea groups is 1. The fourth-order valence-electron chi connectivity index (χ4n) is 3.63. The normalized spacial score (nSPS) is 11.8. The van der Waals surface area contributed by atoms with Crippen LogP contribution in [-0.2, 0) is 25.7 Å². The second-order valence-electron chi connectivity index (χ2n) is 8.25. The zero-order chi connectivity index (χ0) is 27.1. The third-order valence-corrected chi connectivity index (χ3v) is 5.37. The average Bonchev–Trinajstić information content (AvgIpc) is 3.30. The van der Waals surface area contributed by atoms with Crippen molar-refractivity contribution in [3.05, 3.63) is 101 Å². The molecule has 4 rings (SSSR count). The number of carbonyl (C=O) groups is 1. The van der Waals surface area contributed by atoms with E-state index in [0.717, 1.165) is 23.3 Å². The van der Waals surface area contributed by atoms with Gasteiger partial charge in [0.15, 0.2) is 0 Å². The molecular formula is C26H23F3N6O3. The lowest BCUT2D eigenvalue weighted by atomic mass is 10.1. The summed E-state index contributed by atoms with van der Waals surface area (Å²) < 4.78 is 46.9. The van der Waals surface area contributed by atoms with Gasteiger partial charge in [0, 0.05) is 24.2 Å². The molecule has 0 aliphatic rings. The van der Waals surface area contributed by atoms with Gasteiger partial charge in [0.05, 0.1) is 11.3 Å². The van der Waals surface area contributed by atoms with Crippen LogP contribution >= 0.6 is 0 Å². The van der Waals surface area contributed by atoms with E-state index in [1.165, 1.54) is 16.9 Å². The molecule has 0 aliphatic heterocycles. The van der Waals surface area contributed by atoms with Gasteiger partial charge in [0.1, 0.15) is 0 Å². The molecule has 0 aliphatic carbocycles. The third-order valence-electron chi connectivity index (χ3n) is 5.37. The number of anilines is 2. The van der Waals surface area contributed by atoms with Gasteiger partial charge in [0.2, 0.25) is 11.8 Å². The predicted molar refractivity (Wildman–Crippen MR) is 131 cm³/mol. The molecule has 3 aromatic carbocycles. The molecule has 1 aromatic heterocycles. The number of aliphatic imine (C=N–C) groups is 1. The molecule has 0 saturated heterocycles. The van der Waals surface area contributed by atoms with Crippen molar-refractivity contribution in [2.75, 3.05) is 10.6 Å². The van der Waals surface area contributed by atoms with E-state index in [4.69, 9.17) is 10.3 Å². The highest BCUT2D eigenvalue weighted by Crippen LogP contribution is 2.34.